The average molecular weight is 780 g/mol. The molecule has 57 heavy (non-hydrogen) atoms. The summed E-state index contributed by atoms with van der Waals surface area (Å²) in [4.78, 5) is 74.5. The lowest BCUT2D eigenvalue weighted by atomic mass is 9.84. The first-order chi connectivity index (χ1) is 27.6. The van der Waals surface area contributed by atoms with Crippen molar-refractivity contribution in [1.82, 2.24) is 30.2 Å². The lowest BCUT2D eigenvalue weighted by Gasteiger charge is -2.47. The summed E-state index contributed by atoms with van der Waals surface area (Å²) in [7, 11) is 1.45. The number of nitrogens with one attached hydrogen (secondary N) is 2. The fourth-order valence-corrected chi connectivity index (χ4v) is 10.1. The molecule has 302 valence electrons. The number of likely N-dealkylation sites (tertiary alicyclic amines) is 1. The van der Waals surface area contributed by atoms with E-state index in [4.69, 9.17) is 11.5 Å². The zero-order valence-electron chi connectivity index (χ0n) is 32.4. The third kappa shape index (κ3) is 7.17. The first-order valence-corrected chi connectivity index (χ1v) is 20.3. The molecule has 0 bridgehead atoms. The molecule has 7 N–H and O–H groups in total. The number of carbonyl (C=O) groups excluding carboxylic acids is 5. The van der Waals surface area contributed by atoms with Gasteiger partial charge in [0.2, 0.25) is 11.8 Å². The van der Waals surface area contributed by atoms with Crippen molar-refractivity contribution in [3.63, 3.8) is 0 Å². The third-order valence-electron chi connectivity index (χ3n) is 13.2. The highest BCUT2D eigenvalue weighted by Crippen LogP contribution is 2.40. The fraction of sp³-hybridized carbons (Fsp3) is 0.500. The topological polar surface area (TPSA) is 198 Å². The number of allylic oxidation sites excluding steroid dienone is 1. The van der Waals surface area contributed by atoms with Crippen molar-refractivity contribution in [3.05, 3.63) is 76.7 Å². The molecule has 0 aromatic heterocycles. The quantitative estimate of drug-likeness (QED) is 0.171. The monoisotopic (exact) mass is 779 g/mol. The zero-order valence-corrected chi connectivity index (χ0v) is 32.4. The van der Waals surface area contributed by atoms with Gasteiger partial charge < -0.3 is 46.7 Å². The van der Waals surface area contributed by atoms with E-state index in [9.17, 15) is 29.1 Å². The summed E-state index contributed by atoms with van der Waals surface area (Å²) in [5, 5.41) is 16.1. The van der Waals surface area contributed by atoms with Crippen molar-refractivity contribution >= 4 is 41.3 Å². The summed E-state index contributed by atoms with van der Waals surface area (Å²) in [6.45, 7) is 6.25. The molecule has 5 aliphatic heterocycles. The molecule has 3 saturated heterocycles. The van der Waals surface area contributed by atoms with Gasteiger partial charge in [-0.05, 0) is 80.3 Å². The Morgan fingerprint density at radius 3 is 2.37 bits per heavy atom. The number of piperazine rings is 1. The number of phenols is 1. The van der Waals surface area contributed by atoms with Crippen LogP contribution < -0.4 is 27.0 Å². The predicted octanol–water partition coefficient (Wildman–Crippen LogP) is 1.25. The Hall–Kier alpha value is -5.57. The van der Waals surface area contributed by atoms with Crippen molar-refractivity contribution < 1.29 is 29.1 Å². The Labute approximate surface area is 332 Å². The van der Waals surface area contributed by atoms with Crippen LogP contribution in [-0.2, 0) is 14.4 Å². The number of nitrogens with zero attached hydrogens (tertiary/aromatic N) is 5. The first kappa shape index (κ1) is 38.3. The third-order valence-corrected chi connectivity index (χ3v) is 13.2. The number of aromatic hydroxyl groups is 1. The Morgan fingerprint density at radius 2 is 1.67 bits per heavy atom. The standard InChI is InChI=1S/C42H53N9O6/c1-45-39(54)35(6-4-16-52)51-41(56)31-13-12-29(17-33(31)42(51)57)49-22-26-20-48(21-27(26)23-49)28-10-8-25(9-11-28)40(55)47-14-15-50-30(24-47)19-46-38(44)36(50)18-34(43)32-5-2-3-7-37(32)53/h2-3,5,7,12-13,16-18,25-28,30,35,46,53H,4,6,8-11,14-15,19-24,43-44H2,1H3,(H,45,54)/b34-18-. The Balaban J connectivity index is 0.825. The van der Waals surface area contributed by atoms with Gasteiger partial charge in [0.25, 0.3) is 11.8 Å². The van der Waals surface area contributed by atoms with E-state index < -0.39 is 23.8 Å². The molecule has 4 unspecified atom stereocenters. The number of hydrogen-bond acceptors (Lipinski definition) is 12. The second-order valence-electron chi connectivity index (χ2n) is 16.4. The number of imide groups is 1. The molecular formula is C42H53N9O6. The highest BCUT2D eigenvalue weighted by molar-refractivity contribution is 6.23. The van der Waals surface area contributed by atoms with Crippen LogP contribution in [0.1, 0.15) is 64.8 Å². The Kier molecular flexibility index (Phi) is 10.6. The van der Waals surface area contributed by atoms with Gasteiger partial charge in [-0.3, -0.25) is 29.0 Å². The number of aldehydes is 1. The van der Waals surface area contributed by atoms with E-state index >= 15 is 0 Å². The van der Waals surface area contributed by atoms with Crippen LogP contribution in [0.3, 0.4) is 0 Å². The molecule has 0 radical (unpaired) electrons. The van der Waals surface area contributed by atoms with Crippen LogP contribution in [0.15, 0.2) is 60.1 Å². The summed E-state index contributed by atoms with van der Waals surface area (Å²) in [6.07, 6.45) is 6.42. The van der Waals surface area contributed by atoms with Gasteiger partial charge in [0.1, 0.15) is 23.9 Å². The van der Waals surface area contributed by atoms with Gasteiger partial charge in [-0.2, -0.15) is 0 Å². The number of amides is 4. The normalized spacial score (nSPS) is 26.9. The van der Waals surface area contributed by atoms with Gasteiger partial charge in [0.15, 0.2) is 0 Å². The number of rotatable bonds is 10. The van der Waals surface area contributed by atoms with E-state index in [1.807, 2.05) is 23.1 Å². The molecule has 4 atom stereocenters. The van der Waals surface area contributed by atoms with Crippen molar-refractivity contribution in [2.75, 3.05) is 64.3 Å². The first-order valence-electron chi connectivity index (χ1n) is 20.3. The number of para-hydroxylation sites is 1. The number of carbonyl (C=O) groups is 5. The predicted molar refractivity (Wildman–Crippen MR) is 213 cm³/mol. The van der Waals surface area contributed by atoms with Gasteiger partial charge >= 0.3 is 0 Å². The highest BCUT2D eigenvalue weighted by atomic mass is 16.3. The van der Waals surface area contributed by atoms with E-state index in [0.29, 0.717) is 73.0 Å². The van der Waals surface area contributed by atoms with Crippen molar-refractivity contribution in [1.29, 1.82) is 0 Å². The van der Waals surface area contributed by atoms with Crippen LogP contribution in [0.25, 0.3) is 5.70 Å². The van der Waals surface area contributed by atoms with Crippen LogP contribution in [0, 0.1) is 17.8 Å². The largest absolute Gasteiger partial charge is 0.507 e. The molecule has 8 rings (SSSR count). The fourth-order valence-electron chi connectivity index (χ4n) is 10.1. The van der Waals surface area contributed by atoms with Gasteiger partial charge in [-0.15, -0.1) is 0 Å². The summed E-state index contributed by atoms with van der Waals surface area (Å²) in [5.74, 6) is 0.426. The van der Waals surface area contributed by atoms with E-state index in [-0.39, 0.29) is 42.0 Å². The van der Waals surface area contributed by atoms with Gasteiger partial charge in [0.05, 0.1) is 22.9 Å². The summed E-state index contributed by atoms with van der Waals surface area (Å²) < 4.78 is 0. The minimum atomic E-state index is -1.04. The lowest BCUT2D eigenvalue weighted by molar-refractivity contribution is -0.139. The van der Waals surface area contributed by atoms with Gasteiger partial charge in [0, 0.05) is 94.7 Å². The molecule has 1 saturated carbocycles. The second kappa shape index (κ2) is 15.8. The number of hydrogen-bond donors (Lipinski definition) is 5. The molecule has 6 aliphatic rings. The molecule has 4 amide bonds. The van der Waals surface area contributed by atoms with E-state index in [0.717, 1.165) is 68.1 Å². The molecule has 2 aromatic carbocycles. The number of benzene rings is 2. The minimum Gasteiger partial charge on any atom is -0.507 e. The Bertz CT molecular complexity index is 2000. The van der Waals surface area contributed by atoms with E-state index in [1.54, 1.807) is 30.3 Å². The van der Waals surface area contributed by atoms with E-state index in [1.165, 1.54) is 7.05 Å². The molecule has 4 fully saturated rings. The molecule has 0 spiro atoms. The van der Waals surface area contributed by atoms with Gasteiger partial charge in [-0.25, -0.2) is 0 Å². The molecular weight excluding hydrogens is 727 g/mol. The van der Waals surface area contributed by atoms with Crippen LogP contribution in [-0.4, -0.2) is 132 Å². The summed E-state index contributed by atoms with van der Waals surface area (Å²) >= 11 is 0. The molecule has 15 heteroatoms. The molecule has 2 aromatic rings. The zero-order chi connectivity index (χ0) is 40.0. The molecule has 15 nitrogen and oxygen atoms in total. The number of phenolic OH excluding ortho intramolecular Hbond substituents is 1. The van der Waals surface area contributed by atoms with E-state index in [2.05, 4.69) is 25.3 Å². The number of fused-ring (bicyclic) bond motifs is 3. The molecule has 1 aliphatic carbocycles. The lowest BCUT2D eigenvalue weighted by Crippen LogP contribution is -2.61. The molecule has 5 heterocycles. The van der Waals surface area contributed by atoms with Gasteiger partial charge in [-0.1, -0.05) is 12.1 Å². The maximum absolute atomic E-state index is 13.9. The maximum atomic E-state index is 13.9. The smallest absolute Gasteiger partial charge is 0.262 e. The number of anilines is 1. The number of likely N-dealkylation sites (N-methyl/N-ethyl adjacent to an activating group) is 1. The van der Waals surface area contributed by atoms with Crippen LogP contribution >= 0.6 is 0 Å². The SMILES string of the molecule is CNC(=O)C(CCC=O)N1C(=O)c2ccc(N3CC4CN(C5CCC(C(=O)N6CCN7C(/C=C(\N)c8ccccc8O)=C(N)NCC7C6)CC5)CC4C3)cc2C1=O. The summed E-state index contributed by atoms with van der Waals surface area (Å²) in [5.41, 5.74) is 16.0. The van der Waals surface area contributed by atoms with Crippen LogP contribution in [0.2, 0.25) is 0 Å². The average Bonchev–Trinajstić information content (AvgIpc) is 3.89. The highest BCUT2D eigenvalue weighted by Gasteiger charge is 2.46. The van der Waals surface area contributed by atoms with Crippen molar-refractivity contribution in [3.8, 4) is 5.75 Å². The van der Waals surface area contributed by atoms with Crippen LogP contribution in [0.5, 0.6) is 5.75 Å². The minimum absolute atomic E-state index is 0.0283. The summed E-state index contributed by atoms with van der Waals surface area (Å²) in [6, 6.07) is 11.8. The van der Waals surface area contributed by atoms with Crippen molar-refractivity contribution in [2.45, 2.75) is 56.7 Å². The second-order valence-corrected chi connectivity index (χ2v) is 16.4. The number of nitrogens with two attached hydrogens (primary N) is 2. The van der Waals surface area contributed by atoms with Crippen LogP contribution in [0.4, 0.5) is 5.69 Å². The van der Waals surface area contributed by atoms with Crippen molar-refractivity contribution in [2.24, 2.45) is 29.2 Å². The Morgan fingerprint density at radius 1 is 0.947 bits per heavy atom. The maximum Gasteiger partial charge on any atom is 0.262 e.